The summed E-state index contributed by atoms with van der Waals surface area (Å²) in [7, 11) is 0. The Bertz CT molecular complexity index is 325. The zero-order valence-corrected chi connectivity index (χ0v) is 10.3. The first-order valence-electron chi connectivity index (χ1n) is 5.88. The van der Waals surface area contributed by atoms with Crippen molar-refractivity contribution in [2.45, 2.75) is 46.1 Å². The van der Waals surface area contributed by atoms with Gasteiger partial charge in [0, 0.05) is 6.42 Å². The molecule has 0 spiro atoms. The largest absolute Gasteiger partial charge is 0.461 e. The smallest absolute Gasteiger partial charge is 0.306 e. The predicted molar refractivity (Wildman–Crippen MR) is 65.2 cm³/mol. The van der Waals surface area contributed by atoms with Crippen molar-refractivity contribution in [2.24, 2.45) is 0 Å². The van der Waals surface area contributed by atoms with Crippen LogP contribution in [0.2, 0.25) is 0 Å². The molecule has 0 fully saturated rings. The average Bonchev–Trinajstić information content (AvgIpc) is 2.27. The Morgan fingerprint density at radius 3 is 2.38 bits per heavy atom. The van der Waals surface area contributed by atoms with E-state index in [0.717, 1.165) is 12.0 Å². The lowest BCUT2D eigenvalue weighted by Gasteiger charge is -2.07. The second-order valence-corrected chi connectivity index (χ2v) is 4.31. The lowest BCUT2D eigenvalue weighted by molar-refractivity contribution is -0.144. The fourth-order valence-corrected chi connectivity index (χ4v) is 1.44. The molecule has 2 nitrogen and oxygen atoms in total. The summed E-state index contributed by atoms with van der Waals surface area (Å²) in [5.74, 6) is 0.423. The van der Waals surface area contributed by atoms with E-state index in [2.05, 4.69) is 26.0 Å². The van der Waals surface area contributed by atoms with E-state index >= 15 is 0 Å². The number of benzene rings is 1. The van der Waals surface area contributed by atoms with Crippen LogP contribution in [0.25, 0.3) is 0 Å². The Morgan fingerprint density at radius 2 is 1.88 bits per heavy atom. The molecule has 0 radical (unpaired) electrons. The van der Waals surface area contributed by atoms with Crippen molar-refractivity contribution in [1.29, 1.82) is 0 Å². The summed E-state index contributed by atoms with van der Waals surface area (Å²) in [5.41, 5.74) is 2.36. The summed E-state index contributed by atoms with van der Waals surface area (Å²) >= 11 is 0. The number of esters is 1. The van der Waals surface area contributed by atoms with Crippen molar-refractivity contribution in [2.75, 3.05) is 0 Å². The van der Waals surface area contributed by atoms with E-state index in [1.807, 2.05) is 19.1 Å². The van der Waals surface area contributed by atoms with Crippen LogP contribution in [0.15, 0.2) is 24.3 Å². The molecule has 0 bridgehead atoms. The first-order chi connectivity index (χ1) is 7.63. The van der Waals surface area contributed by atoms with E-state index < -0.39 is 0 Å². The van der Waals surface area contributed by atoms with Gasteiger partial charge in [-0.15, -0.1) is 0 Å². The molecule has 0 saturated heterocycles. The molecule has 16 heavy (non-hydrogen) atoms. The van der Waals surface area contributed by atoms with Gasteiger partial charge in [-0.1, -0.05) is 45.0 Å². The van der Waals surface area contributed by atoms with Crippen molar-refractivity contribution in [3.63, 3.8) is 0 Å². The van der Waals surface area contributed by atoms with Crippen molar-refractivity contribution in [3.05, 3.63) is 35.4 Å². The Balaban J connectivity index is 2.46. The normalized spacial score (nSPS) is 10.5. The van der Waals surface area contributed by atoms with Gasteiger partial charge >= 0.3 is 5.97 Å². The molecular formula is C14H20O2. The number of carbonyl (C=O) groups excluding carboxylic acids is 1. The van der Waals surface area contributed by atoms with Crippen LogP contribution in [0, 0.1) is 0 Å². The van der Waals surface area contributed by atoms with Gasteiger partial charge in [0.05, 0.1) is 0 Å². The topological polar surface area (TPSA) is 26.3 Å². The number of hydrogen-bond donors (Lipinski definition) is 0. The van der Waals surface area contributed by atoms with E-state index in [1.54, 1.807) is 0 Å². The van der Waals surface area contributed by atoms with Crippen LogP contribution in [-0.4, -0.2) is 5.97 Å². The molecule has 2 heteroatoms. The molecule has 0 aliphatic heterocycles. The molecular weight excluding hydrogens is 200 g/mol. The summed E-state index contributed by atoms with van der Waals surface area (Å²) in [6.45, 7) is 6.68. The van der Waals surface area contributed by atoms with E-state index in [1.165, 1.54) is 5.56 Å². The first kappa shape index (κ1) is 12.8. The standard InChI is InChI=1S/C14H20O2/c1-4-5-14(15)16-10-12-6-8-13(9-7-12)11(2)3/h6-9,11H,4-5,10H2,1-3H3. The van der Waals surface area contributed by atoms with E-state index in [-0.39, 0.29) is 5.97 Å². The molecule has 1 rings (SSSR count). The molecule has 0 atom stereocenters. The predicted octanol–water partition coefficient (Wildman–Crippen LogP) is 3.65. The Hall–Kier alpha value is -1.31. The fourth-order valence-electron chi connectivity index (χ4n) is 1.44. The van der Waals surface area contributed by atoms with Crippen LogP contribution in [0.4, 0.5) is 0 Å². The Labute approximate surface area is 97.6 Å². The first-order valence-corrected chi connectivity index (χ1v) is 5.88. The number of carbonyl (C=O) groups is 1. The highest BCUT2D eigenvalue weighted by molar-refractivity contribution is 5.69. The number of ether oxygens (including phenoxy) is 1. The molecule has 0 aliphatic carbocycles. The molecule has 0 amide bonds. The highest BCUT2D eigenvalue weighted by Gasteiger charge is 2.02. The lowest BCUT2D eigenvalue weighted by Crippen LogP contribution is -2.03. The quantitative estimate of drug-likeness (QED) is 0.708. The third-order valence-corrected chi connectivity index (χ3v) is 2.50. The van der Waals surface area contributed by atoms with E-state index in [4.69, 9.17) is 4.74 Å². The lowest BCUT2D eigenvalue weighted by atomic mass is 10.0. The van der Waals surface area contributed by atoms with Gasteiger partial charge in [0.25, 0.3) is 0 Å². The molecule has 0 N–H and O–H groups in total. The highest BCUT2D eigenvalue weighted by atomic mass is 16.5. The summed E-state index contributed by atoms with van der Waals surface area (Å²) in [6, 6.07) is 8.23. The van der Waals surface area contributed by atoms with Crippen LogP contribution in [0.3, 0.4) is 0 Å². The second-order valence-electron chi connectivity index (χ2n) is 4.31. The molecule has 0 aliphatic rings. The number of hydrogen-bond acceptors (Lipinski definition) is 2. The fraction of sp³-hybridized carbons (Fsp3) is 0.500. The van der Waals surface area contributed by atoms with Gasteiger partial charge in [-0.3, -0.25) is 4.79 Å². The minimum absolute atomic E-state index is 0.115. The second kappa shape index (κ2) is 6.31. The van der Waals surface area contributed by atoms with Crippen LogP contribution in [0.1, 0.15) is 50.7 Å². The van der Waals surface area contributed by atoms with Gasteiger partial charge in [0.1, 0.15) is 6.61 Å². The van der Waals surface area contributed by atoms with Gasteiger partial charge in [-0.05, 0) is 23.5 Å². The molecule has 0 heterocycles. The van der Waals surface area contributed by atoms with Crippen molar-refractivity contribution in [3.8, 4) is 0 Å². The van der Waals surface area contributed by atoms with Crippen LogP contribution in [-0.2, 0) is 16.1 Å². The van der Waals surface area contributed by atoms with E-state index in [9.17, 15) is 4.79 Å². The molecule has 1 aromatic rings. The van der Waals surface area contributed by atoms with Gasteiger partial charge < -0.3 is 4.74 Å². The average molecular weight is 220 g/mol. The third kappa shape index (κ3) is 4.05. The van der Waals surface area contributed by atoms with Crippen LogP contribution >= 0.6 is 0 Å². The molecule has 0 saturated carbocycles. The Morgan fingerprint density at radius 1 is 1.25 bits per heavy atom. The summed E-state index contributed by atoms with van der Waals surface area (Å²) in [4.78, 5) is 11.2. The molecule has 0 aromatic heterocycles. The third-order valence-electron chi connectivity index (χ3n) is 2.50. The molecule has 0 unspecified atom stereocenters. The zero-order chi connectivity index (χ0) is 12.0. The van der Waals surface area contributed by atoms with Gasteiger partial charge in [0.2, 0.25) is 0 Å². The van der Waals surface area contributed by atoms with Crippen LogP contribution < -0.4 is 0 Å². The van der Waals surface area contributed by atoms with Gasteiger partial charge in [-0.2, -0.15) is 0 Å². The van der Waals surface area contributed by atoms with Crippen molar-refractivity contribution < 1.29 is 9.53 Å². The minimum atomic E-state index is -0.115. The SMILES string of the molecule is CCCC(=O)OCc1ccc(C(C)C)cc1. The van der Waals surface area contributed by atoms with Crippen molar-refractivity contribution in [1.82, 2.24) is 0 Å². The minimum Gasteiger partial charge on any atom is -0.461 e. The Kier molecular flexibility index (Phi) is 5.03. The monoisotopic (exact) mass is 220 g/mol. The summed E-state index contributed by atoms with van der Waals surface area (Å²) < 4.78 is 5.13. The maximum Gasteiger partial charge on any atom is 0.306 e. The maximum absolute atomic E-state index is 11.2. The van der Waals surface area contributed by atoms with Crippen LogP contribution in [0.5, 0.6) is 0 Å². The maximum atomic E-state index is 11.2. The van der Waals surface area contributed by atoms with Gasteiger partial charge in [-0.25, -0.2) is 0 Å². The number of rotatable bonds is 5. The van der Waals surface area contributed by atoms with Gasteiger partial charge in [0.15, 0.2) is 0 Å². The molecule has 1 aromatic carbocycles. The molecule has 88 valence electrons. The summed E-state index contributed by atoms with van der Waals surface area (Å²) in [5, 5.41) is 0. The summed E-state index contributed by atoms with van der Waals surface area (Å²) in [6.07, 6.45) is 1.34. The highest BCUT2D eigenvalue weighted by Crippen LogP contribution is 2.15. The zero-order valence-electron chi connectivity index (χ0n) is 10.3. The van der Waals surface area contributed by atoms with Crippen molar-refractivity contribution >= 4 is 5.97 Å². The van der Waals surface area contributed by atoms with E-state index in [0.29, 0.717) is 18.9 Å².